The van der Waals surface area contributed by atoms with Gasteiger partial charge in [0.25, 0.3) is 0 Å². The predicted molar refractivity (Wildman–Crippen MR) is 104 cm³/mol. The Morgan fingerprint density at radius 3 is 2.06 bits per heavy atom. The maximum absolute atomic E-state index is 13.6. The van der Waals surface area contributed by atoms with Crippen LogP contribution in [0.15, 0.2) is 24.3 Å². The molecule has 1 aromatic heterocycles. The van der Waals surface area contributed by atoms with E-state index >= 15 is 0 Å². The first-order chi connectivity index (χ1) is 14.4. The zero-order valence-electron chi connectivity index (χ0n) is 17.1. The van der Waals surface area contributed by atoms with Crippen molar-refractivity contribution in [2.45, 2.75) is 50.6 Å². The van der Waals surface area contributed by atoms with Gasteiger partial charge < -0.3 is 5.32 Å². The number of nitrogens with zero attached hydrogens (tertiary/aromatic N) is 4. The van der Waals surface area contributed by atoms with Crippen LogP contribution >= 0.6 is 0 Å². The molecule has 1 N–H and O–H groups in total. The van der Waals surface area contributed by atoms with Crippen LogP contribution in [0.4, 0.5) is 18.9 Å². The molecule has 2 aliphatic rings. The van der Waals surface area contributed by atoms with Crippen LogP contribution in [0.2, 0.25) is 0 Å². The number of fused-ring (bicyclic) bond motifs is 5. The third-order valence-corrected chi connectivity index (χ3v) is 7.34. The molecule has 1 amide bonds. The van der Waals surface area contributed by atoms with E-state index < -0.39 is 33.9 Å². The van der Waals surface area contributed by atoms with Gasteiger partial charge >= 0.3 is 6.18 Å². The molecule has 1 aromatic carbocycles. The summed E-state index contributed by atoms with van der Waals surface area (Å²) in [5.41, 5.74) is -2.24. The molecular formula is C22H18F3N5O. The van der Waals surface area contributed by atoms with Gasteiger partial charge in [0.2, 0.25) is 5.91 Å². The molecule has 2 atom stereocenters. The van der Waals surface area contributed by atoms with E-state index in [1.165, 1.54) is 12.1 Å². The van der Waals surface area contributed by atoms with E-state index in [4.69, 9.17) is 0 Å². The Labute approximate surface area is 176 Å². The van der Waals surface area contributed by atoms with Crippen molar-refractivity contribution in [2.75, 3.05) is 5.32 Å². The fourth-order valence-electron chi connectivity index (χ4n) is 5.12. The quantitative estimate of drug-likeness (QED) is 0.777. The molecule has 6 nitrogen and oxygen atoms in total. The van der Waals surface area contributed by atoms with Gasteiger partial charge in [-0.25, -0.2) is 9.97 Å². The average molecular weight is 425 g/mol. The molecule has 2 aliphatic carbocycles. The third kappa shape index (κ3) is 2.53. The van der Waals surface area contributed by atoms with E-state index in [-0.39, 0.29) is 17.1 Å². The van der Waals surface area contributed by atoms with Gasteiger partial charge in [0, 0.05) is 11.1 Å². The molecule has 1 heterocycles. The monoisotopic (exact) mass is 425 g/mol. The van der Waals surface area contributed by atoms with Gasteiger partial charge in [-0.3, -0.25) is 4.79 Å². The zero-order valence-corrected chi connectivity index (χ0v) is 17.1. The second kappa shape index (κ2) is 6.27. The van der Waals surface area contributed by atoms with Crippen LogP contribution in [-0.4, -0.2) is 15.9 Å². The molecule has 158 valence electrons. The summed E-state index contributed by atoms with van der Waals surface area (Å²) in [6.45, 7) is 5.81. The lowest BCUT2D eigenvalue weighted by atomic mass is 9.63. The van der Waals surface area contributed by atoms with Crippen molar-refractivity contribution < 1.29 is 18.0 Å². The smallest absolute Gasteiger partial charge is 0.325 e. The molecule has 0 saturated heterocycles. The number of aromatic nitrogens is 2. The second-order valence-electron chi connectivity index (χ2n) is 8.73. The molecule has 31 heavy (non-hydrogen) atoms. The number of nitriles is 2. The summed E-state index contributed by atoms with van der Waals surface area (Å²) in [5, 5.41) is 21.5. The summed E-state index contributed by atoms with van der Waals surface area (Å²) < 4.78 is 38.5. The minimum atomic E-state index is -4.47. The van der Waals surface area contributed by atoms with Crippen molar-refractivity contribution >= 4 is 11.6 Å². The van der Waals surface area contributed by atoms with Crippen LogP contribution in [0.3, 0.4) is 0 Å². The number of hydrogen-bond donors (Lipinski definition) is 1. The first-order valence-corrected chi connectivity index (χ1v) is 9.64. The number of carbonyl (C=O) groups excluding carboxylic acids is 1. The van der Waals surface area contributed by atoms with E-state index in [2.05, 4.69) is 15.3 Å². The summed E-state index contributed by atoms with van der Waals surface area (Å²) in [7, 11) is 0. The number of anilines is 1. The van der Waals surface area contributed by atoms with Gasteiger partial charge in [-0.05, 0) is 42.5 Å². The normalized spacial score (nSPS) is 25.4. The van der Waals surface area contributed by atoms with Crippen LogP contribution in [0.25, 0.3) is 0 Å². The molecule has 2 unspecified atom stereocenters. The highest BCUT2D eigenvalue weighted by Gasteiger charge is 2.73. The Balaban J connectivity index is 1.80. The molecule has 0 aliphatic heterocycles. The Morgan fingerprint density at radius 1 is 1.00 bits per heavy atom. The first kappa shape index (κ1) is 20.8. The Morgan fingerprint density at radius 2 is 1.55 bits per heavy atom. The molecule has 9 heteroatoms. The Hall–Kier alpha value is -3.46. The Bertz CT molecular complexity index is 1190. The molecule has 1 fully saturated rings. The lowest BCUT2D eigenvalue weighted by Crippen LogP contribution is -2.48. The van der Waals surface area contributed by atoms with Crippen molar-refractivity contribution in [1.82, 2.24) is 9.97 Å². The van der Waals surface area contributed by atoms with Crippen LogP contribution in [0.5, 0.6) is 0 Å². The van der Waals surface area contributed by atoms with Crippen LogP contribution in [0, 0.1) is 28.1 Å². The van der Waals surface area contributed by atoms with Gasteiger partial charge in [0.05, 0.1) is 22.4 Å². The molecular weight excluding hydrogens is 407 g/mol. The SMILES string of the molecule is CC12CCC(C(=O)Nc3ccc(C(F)(F)F)cc3)(c3nc(C#N)c(C#N)nc31)C2(C)C. The average Bonchev–Trinajstić information content (AvgIpc) is 3.02. The van der Waals surface area contributed by atoms with Crippen molar-refractivity contribution in [3.63, 3.8) is 0 Å². The van der Waals surface area contributed by atoms with Gasteiger partial charge in [0.1, 0.15) is 12.1 Å². The molecule has 4 rings (SSSR count). The number of amides is 1. The van der Waals surface area contributed by atoms with E-state index in [0.29, 0.717) is 24.2 Å². The van der Waals surface area contributed by atoms with Crippen molar-refractivity contribution in [2.24, 2.45) is 5.41 Å². The van der Waals surface area contributed by atoms with Crippen LogP contribution in [0.1, 0.15) is 62.0 Å². The Kier molecular flexibility index (Phi) is 4.21. The second-order valence-corrected chi connectivity index (χ2v) is 8.73. The van der Waals surface area contributed by atoms with Gasteiger partial charge in [-0.1, -0.05) is 20.8 Å². The lowest BCUT2D eigenvalue weighted by molar-refractivity contribution is -0.137. The largest absolute Gasteiger partial charge is 0.416 e. The maximum Gasteiger partial charge on any atom is 0.416 e. The predicted octanol–water partition coefficient (Wildman–Crippen LogP) is 4.21. The molecule has 0 spiro atoms. The highest BCUT2D eigenvalue weighted by Crippen LogP contribution is 2.70. The van der Waals surface area contributed by atoms with Crippen LogP contribution in [-0.2, 0) is 21.8 Å². The van der Waals surface area contributed by atoms with Gasteiger partial charge in [-0.15, -0.1) is 0 Å². The fourth-order valence-corrected chi connectivity index (χ4v) is 5.12. The van der Waals surface area contributed by atoms with E-state index in [0.717, 1.165) is 12.1 Å². The van der Waals surface area contributed by atoms with Crippen molar-refractivity contribution in [1.29, 1.82) is 10.5 Å². The zero-order chi connectivity index (χ0) is 22.8. The number of carbonyl (C=O) groups is 1. The van der Waals surface area contributed by atoms with E-state index in [1.807, 2.05) is 32.9 Å². The molecule has 1 saturated carbocycles. The first-order valence-electron chi connectivity index (χ1n) is 9.64. The third-order valence-electron chi connectivity index (χ3n) is 7.34. The summed E-state index contributed by atoms with van der Waals surface area (Å²) in [4.78, 5) is 22.4. The number of alkyl halides is 3. The standard InChI is InChI=1S/C22H18F3N5O/c1-19(2)20(3)8-9-21(19,17-16(20)29-14(10-26)15(11-27)30-17)18(31)28-13-6-4-12(5-7-13)22(23,24)25/h4-7H,8-9H2,1-3H3,(H,28,31). The van der Waals surface area contributed by atoms with Crippen LogP contribution < -0.4 is 5.32 Å². The summed E-state index contributed by atoms with van der Waals surface area (Å²) in [5.74, 6) is -0.414. The molecule has 2 bridgehead atoms. The molecule has 0 radical (unpaired) electrons. The number of hydrogen-bond acceptors (Lipinski definition) is 5. The van der Waals surface area contributed by atoms with Gasteiger partial charge in [-0.2, -0.15) is 23.7 Å². The number of rotatable bonds is 2. The van der Waals surface area contributed by atoms with E-state index in [1.54, 1.807) is 0 Å². The number of nitrogens with one attached hydrogen (secondary N) is 1. The highest BCUT2D eigenvalue weighted by atomic mass is 19.4. The summed E-state index contributed by atoms with van der Waals surface area (Å²) in [6, 6.07) is 7.99. The lowest BCUT2D eigenvalue weighted by Gasteiger charge is -2.39. The minimum absolute atomic E-state index is 0.0795. The van der Waals surface area contributed by atoms with Gasteiger partial charge in [0.15, 0.2) is 11.4 Å². The highest BCUT2D eigenvalue weighted by molar-refractivity contribution is 6.01. The summed E-state index contributed by atoms with van der Waals surface area (Å²) >= 11 is 0. The summed E-state index contributed by atoms with van der Waals surface area (Å²) in [6.07, 6.45) is -3.40. The van der Waals surface area contributed by atoms with E-state index in [9.17, 15) is 28.5 Å². The molecule has 2 aromatic rings. The van der Waals surface area contributed by atoms with Crippen molar-refractivity contribution in [3.8, 4) is 12.1 Å². The number of halogens is 3. The maximum atomic E-state index is 13.6. The number of benzene rings is 1. The van der Waals surface area contributed by atoms with Crippen molar-refractivity contribution in [3.05, 3.63) is 52.6 Å². The fraction of sp³-hybridized carbons (Fsp3) is 0.409. The topological polar surface area (TPSA) is 102 Å². The minimum Gasteiger partial charge on any atom is -0.325 e.